The average Bonchev–Trinajstić information content (AvgIpc) is 2.83. The van der Waals surface area contributed by atoms with E-state index in [2.05, 4.69) is 0 Å². The first-order valence-electron chi connectivity index (χ1n) is 10.3. The van der Waals surface area contributed by atoms with Crippen LogP contribution in [0.1, 0.15) is 26.3 Å². The minimum absolute atomic E-state index is 0.249. The number of hydrogen-bond donors (Lipinski definition) is 1. The molecule has 5 heteroatoms. The van der Waals surface area contributed by atoms with Gasteiger partial charge in [-0.2, -0.15) is 0 Å². The summed E-state index contributed by atoms with van der Waals surface area (Å²) in [5.41, 5.74) is 8.86. The zero-order valence-electron chi connectivity index (χ0n) is 17.7. The third-order valence-corrected chi connectivity index (χ3v) is 5.37. The van der Waals surface area contributed by atoms with Crippen molar-refractivity contribution in [2.45, 2.75) is 6.42 Å². The third kappa shape index (κ3) is 4.47. The molecule has 0 heterocycles. The standard InChI is InChI=1S/C27H23NO4/c1-31-22-7-4-5-18(17-22)15-16-32-27(30)24-14-13-19-6-2-3-8-23(19)25(24)20-9-11-21(12-10-20)26(28)29/h2-14,17H,15-16H2,1H3,(H2,28,29). The van der Waals surface area contributed by atoms with E-state index in [1.807, 2.05) is 54.6 Å². The summed E-state index contributed by atoms with van der Waals surface area (Å²) in [5.74, 6) is -0.121. The van der Waals surface area contributed by atoms with Crippen molar-refractivity contribution in [3.8, 4) is 16.9 Å². The second-order valence-electron chi connectivity index (χ2n) is 7.39. The Kier molecular flexibility index (Phi) is 6.17. The highest BCUT2D eigenvalue weighted by Gasteiger charge is 2.17. The molecule has 0 spiro atoms. The number of rotatable bonds is 7. The lowest BCUT2D eigenvalue weighted by Crippen LogP contribution is -2.11. The van der Waals surface area contributed by atoms with Gasteiger partial charge in [-0.15, -0.1) is 0 Å². The van der Waals surface area contributed by atoms with Crippen LogP contribution in [0, 0.1) is 0 Å². The van der Waals surface area contributed by atoms with Gasteiger partial charge in [0.25, 0.3) is 0 Å². The smallest absolute Gasteiger partial charge is 0.338 e. The van der Waals surface area contributed by atoms with E-state index in [0.29, 0.717) is 17.5 Å². The van der Waals surface area contributed by atoms with Crippen LogP contribution >= 0.6 is 0 Å². The summed E-state index contributed by atoms with van der Waals surface area (Å²) in [4.78, 5) is 24.5. The summed E-state index contributed by atoms with van der Waals surface area (Å²) >= 11 is 0. The topological polar surface area (TPSA) is 78.6 Å². The Hall–Kier alpha value is -4.12. The van der Waals surface area contributed by atoms with Gasteiger partial charge in [0.2, 0.25) is 5.91 Å². The fourth-order valence-electron chi connectivity index (χ4n) is 3.72. The molecule has 4 rings (SSSR count). The van der Waals surface area contributed by atoms with Gasteiger partial charge in [-0.1, -0.05) is 54.6 Å². The van der Waals surface area contributed by atoms with Crippen molar-refractivity contribution in [3.05, 3.63) is 102 Å². The summed E-state index contributed by atoms with van der Waals surface area (Å²) in [5, 5.41) is 1.94. The number of carbonyl (C=O) groups is 2. The molecule has 0 saturated carbocycles. The number of benzene rings is 4. The Morgan fingerprint density at radius 1 is 0.875 bits per heavy atom. The van der Waals surface area contributed by atoms with E-state index in [4.69, 9.17) is 15.2 Å². The zero-order chi connectivity index (χ0) is 22.5. The lowest BCUT2D eigenvalue weighted by Gasteiger charge is -2.14. The van der Waals surface area contributed by atoms with Gasteiger partial charge in [-0.05, 0) is 52.2 Å². The molecule has 4 aromatic rings. The molecule has 160 valence electrons. The van der Waals surface area contributed by atoms with Gasteiger partial charge >= 0.3 is 5.97 Å². The van der Waals surface area contributed by atoms with Gasteiger partial charge in [-0.25, -0.2) is 4.79 Å². The molecule has 0 atom stereocenters. The summed E-state index contributed by atoms with van der Waals surface area (Å²) in [6.45, 7) is 0.249. The van der Waals surface area contributed by atoms with E-state index in [1.165, 1.54) is 0 Å². The summed E-state index contributed by atoms with van der Waals surface area (Å²) in [6, 6.07) is 26.2. The van der Waals surface area contributed by atoms with Crippen LogP contribution in [0.15, 0.2) is 84.9 Å². The molecular formula is C27H23NO4. The Morgan fingerprint density at radius 3 is 2.41 bits per heavy atom. The van der Waals surface area contributed by atoms with Crippen LogP contribution in [0.2, 0.25) is 0 Å². The van der Waals surface area contributed by atoms with Crippen molar-refractivity contribution in [2.75, 3.05) is 13.7 Å². The van der Waals surface area contributed by atoms with Gasteiger partial charge in [-0.3, -0.25) is 4.79 Å². The number of methoxy groups -OCH3 is 1. The number of amides is 1. The minimum atomic E-state index is -0.494. The van der Waals surface area contributed by atoms with Crippen LogP contribution in [-0.2, 0) is 11.2 Å². The van der Waals surface area contributed by atoms with Crippen LogP contribution in [0.3, 0.4) is 0 Å². The van der Waals surface area contributed by atoms with E-state index < -0.39 is 11.9 Å². The van der Waals surface area contributed by atoms with Crippen LogP contribution < -0.4 is 10.5 Å². The third-order valence-electron chi connectivity index (χ3n) is 5.37. The van der Waals surface area contributed by atoms with Crippen LogP contribution in [0.25, 0.3) is 21.9 Å². The van der Waals surface area contributed by atoms with Crippen LogP contribution in [0.4, 0.5) is 0 Å². The monoisotopic (exact) mass is 425 g/mol. The molecule has 0 bridgehead atoms. The highest BCUT2D eigenvalue weighted by molar-refractivity contribution is 6.08. The van der Waals surface area contributed by atoms with Gasteiger partial charge in [0.15, 0.2) is 0 Å². The first-order chi connectivity index (χ1) is 15.6. The van der Waals surface area contributed by atoms with Crippen molar-refractivity contribution in [1.29, 1.82) is 0 Å². The number of nitrogens with two attached hydrogens (primary N) is 1. The minimum Gasteiger partial charge on any atom is -0.497 e. The number of carbonyl (C=O) groups excluding carboxylic acids is 2. The number of hydrogen-bond acceptors (Lipinski definition) is 4. The van der Waals surface area contributed by atoms with Crippen molar-refractivity contribution in [3.63, 3.8) is 0 Å². The fraction of sp³-hybridized carbons (Fsp3) is 0.111. The predicted molar refractivity (Wildman–Crippen MR) is 125 cm³/mol. The van der Waals surface area contributed by atoms with Gasteiger partial charge in [0.1, 0.15) is 5.75 Å². The average molecular weight is 425 g/mol. The van der Waals surface area contributed by atoms with Gasteiger partial charge in [0, 0.05) is 17.5 Å². The van der Waals surface area contributed by atoms with Crippen molar-refractivity contribution < 1.29 is 19.1 Å². The Labute approximate surface area is 186 Å². The summed E-state index contributed by atoms with van der Waals surface area (Å²) < 4.78 is 10.9. The van der Waals surface area contributed by atoms with Gasteiger partial charge < -0.3 is 15.2 Å². The second kappa shape index (κ2) is 9.35. The van der Waals surface area contributed by atoms with E-state index in [9.17, 15) is 9.59 Å². The highest BCUT2D eigenvalue weighted by atomic mass is 16.5. The maximum Gasteiger partial charge on any atom is 0.338 e. The van der Waals surface area contributed by atoms with E-state index >= 15 is 0 Å². The number of primary amides is 1. The van der Waals surface area contributed by atoms with E-state index in [1.54, 1.807) is 37.4 Å². The molecule has 0 aliphatic rings. The molecule has 2 N–H and O–H groups in total. The summed E-state index contributed by atoms with van der Waals surface area (Å²) in [6.07, 6.45) is 0.583. The molecule has 0 saturated heterocycles. The molecule has 0 aromatic heterocycles. The van der Waals surface area contributed by atoms with Crippen LogP contribution in [0.5, 0.6) is 5.75 Å². The SMILES string of the molecule is COc1cccc(CCOC(=O)c2ccc3ccccc3c2-c2ccc(C(N)=O)cc2)c1. The molecule has 0 aliphatic heterocycles. The molecule has 0 aliphatic carbocycles. The van der Waals surface area contributed by atoms with Crippen molar-refractivity contribution in [1.82, 2.24) is 0 Å². The predicted octanol–water partition coefficient (Wildman–Crippen LogP) is 5.01. The quantitative estimate of drug-likeness (QED) is 0.422. The largest absolute Gasteiger partial charge is 0.497 e. The van der Waals surface area contributed by atoms with Crippen molar-refractivity contribution >= 4 is 22.6 Å². The molecule has 32 heavy (non-hydrogen) atoms. The first kappa shape index (κ1) is 21.1. The number of fused-ring (bicyclic) bond motifs is 1. The fourth-order valence-corrected chi connectivity index (χ4v) is 3.72. The van der Waals surface area contributed by atoms with Crippen LogP contribution in [-0.4, -0.2) is 25.6 Å². The van der Waals surface area contributed by atoms with Gasteiger partial charge in [0.05, 0.1) is 19.3 Å². The molecule has 0 radical (unpaired) electrons. The lowest BCUT2D eigenvalue weighted by molar-refractivity contribution is 0.0510. The van der Waals surface area contributed by atoms with E-state index in [-0.39, 0.29) is 6.61 Å². The maximum absolute atomic E-state index is 13.0. The second-order valence-corrected chi connectivity index (χ2v) is 7.39. The molecule has 4 aromatic carbocycles. The van der Waals surface area contributed by atoms with E-state index in [0.717, 1.165) is 33.2 Å². The first-order valence-corrected chi connectivity index (χ1v) is 10.3. The summed E-state index contributed by atoms with van der Waals surface area (Å²) in [7, 11) is 1.62. The lowest BCUT2D eigenvalue weighted by atomic mass is 9.92. The molecule has 0 unspecified atom stereocenters. The molecular weight excluding hydrogens is 402 g/mol. The highest BCUT2D eigenvalue weighted by Crippen LogP contribution is 2.33. The zero-order valence-corrected chi connectivity index (χ0v) is 17.7. The maximum atomic E-state index is 13.0. The Balaban J connectivity index is 1.63. The Bertz CT molecular complexity index is 1280. The normalized spacial score (nSPS) is 10.7. The Morgan fingerprint density at radius 2 is 1.66 bits per heavy atom. The molecule has 1 amide bonds. The molecule has 5 nitrogen and oxygen atoms in total. The number of esters is 1. The molecule has 0 fully saturated rings. The number of ether oxygens (including phenoxy) is 2. The van der Waals surface area contributed by atoms with Crippen molar-refractivity contribution in [2.24, 2.45) is 5.73 Å².